The van der Waals surface area contributed by atoms with Gasteiger partial charge in [0.05, 0.1) is 6.42 Å². The van der Waals surface area contributed by atoms with Crippen molar-refractivity contribution in [1.82, 2.24) is 15.5 Å². The van der Waals surface area contributed by atoms with E-state index in [1.165, 1.54) is 4.90 Å². The van der Waals surface area contributed by atoms with Gasteiger partial charge >= 0.3 is 6.09 Å². The van der Waals surface area contributed by atoms with Crippen molar-refractivity contribution in [3.05, 3.63) is 70.8 Å². The number of rotatable bonds is 13. The first kappa shape index (κ1) is 34.3. The Morgan fingerprint density at radius 2 is 1.52 bits per heavy atom. The lowest BCUT2D eigenvalue weighted by Crippen LogP contribution is -2.56. The van der Waals surface area contributed by atoms with E-state index in [4.69, 9.17) is 10.5 Å². The number of hydrogen-bond donors (Lipinski definition) is 3. The van der Waals surface area contributed by atoms with Gasteiger partial charge in [0.1, 0.15) is 17.7 Å². The van der Waals surface area contributed by atoms with Crippen molar-refractivity contribution in [2.45, 2.75) is 105 Å². The molecule has 3 atom stereocenters. The second-order valence-electron chi connectivity index (χ2n) is 12.5. The highest BCUT2D eigenvalue weighted by Gasteiger charge is 2.39. The zero-order chi connectivity index (χ0) is 31.6. The normalized spacial score (nSPS) is 13.5. The summed E-state index contributed by atoms with van der Waals surface area (Å²) in [7, 11) is 0. The Morgan fingerprint density at radius 1 is 0.929 bits per heavy atom. The van der Waals surface area contributed by atoms with E-state index in [0.29, 0.717) is 17.9 Å². The monoisotopic (exact) mass is 580 g/mol. The number of primary amides is 1. The van der Waals surface area contributed by atoms with Gasteiger partial charge in [0.15, 0.2) is 0 Å². The van der Waals surface area contributed by atoms with Crippen LogP contribution in [0.4, 0.5) is 4.79 Å². The number of aryl methyl sites for hydroxylation is 2. The molecule has 3 unspecified atom stereocenters. The summed E-state index contributed by atoms with van der Waals surface area (Å²) in [6.07, 6.45) is 0.104. The van der Waals surface area contributed by atoms with Gasteiger partial charge in [0.25, 0.3) is 0 Å². The summed E-state index contributed by atoms with van der Waals surface area (Å²) in [6.45, 7) is 15.3. The average Bonchev–Trinajstić information content (AvgIpc) is 2.86. The number of amides is 4. The number of benzene rings is 2. The fourth-order valence-corrected chi connectivity index (χ4v) is 4.83. The van der Waals surface area contributed by atoms with Crippen molar-refractivity contribution >= 4 is 23.8 Å². The molecule has 2 aromatic rings. The van der Waals surface area contributed by atoms with Gasteiger partial charge in [-0.25, -0.2) is 4.79 Å². The van der Waals surface area contributed by atoms with Crippen molar-refractivity contribution in [3.8, 4) is 0 Å². The van der Waals surface area contributed by atoms with E-state index in [-0.39, 0.29) is 12.5 Å². The van der Waals surface area contributed by atoms with Gasteiger partial charge in [-0.05, 0) is 71.4 Å². The van der Waals surface area contributed by atoms with Crippen LogP contribution in [-0.2, 0) is 25.7 Å². The molecule has 2 aromatic carbocycles. The molecule has 2 rings (SSSR count). The number of carbonyl (C=O) groups excluding carboxylic acids is 4. The van der Waals surface area contributed by atoms with Crippen LogP contribution in [0.3, 0.4) is 0 Å². The van der Waals surface area contributed by atoms with E-state index in [1.54, 1.807) is 20.8 Å². The van der Waals surface area contributed by atoms with Crippen molar-refractivity contribution < 1.29 is 23.9 Å². The summed E-state index contributed by atoms with van der Waals surface area (Å²) in [6, 6.07) is 12.5. The van der Waals surface area contributed by atoms with E-state index < -0.39 is 48.1 Å². The molecule has 0 aliphatic heterocycles. The predicted octanol–water partition coefficient (Wildman–Crippen LogP) is 5.08. The predicted molar refractivity (Wildman–Crippen MR) is 164 cm³/mol. The molecule has 0 heterocycles. The van der Waals surface area contributed by atoms with Gasteiger partial charge in [-0.3, -0.25) is 14.4 Å². The molecule has 0 fully saturated rings. The van der Waals surface area contributed by atoms with Crippen LogP contribution in [0, 0.1) is 19.8 Å². The lowest BCUT2D eigenvalue weighted by Gasteiger charge is -2.39. The van der Waals surface area contributed by atoms with Gasteiger partial charge in [-0.15, -0.1) is 0 Å². The number of alkyl carbamates (subject to hydrolysis) is 1. The number of hydrogen-bond acceptors (Lipinski definition) is 5. The molecule has 0 aromatic heterocycles. The van der Waals surface area contributed by atoms with Crippen LogP contribution in [-0.4, -0.2) is 46.4 Å². The first-order chi connectivity index (χ1) is 19.6. The van der Waals surface area contributed by atoms with Gasteiger partial charge in [0.2, 0.25) is 17.7 Å². The molecule has 230 valence electrons. The van der Waals surface area contributed by atoms with Crippen LogP contribution in [0.1, 0.15) is 89.1 Å². The Hall–Kier alpha value is -3.88. The van der Waals surface area contributed by atoms with Gasteiger partial charge < -0.3 is 26.0 Å². The molecular formula is C33H48N4O5. The highest BCUT2D eigenvalue weighted by Crippen LogP contribution is 2.29. The second kappa shape index (κ2) is 15.4. The maximum atomic E-state index is 14.4. The molecule has 0 radical (unpaired) electrons. The van der Waals surface area contributed by atoms with Crippen molar-refractivity contribution in [2.24, 2.45) is 11.7 Å². The Kier molecular flexibility index (Phi) is 12.6. The summed E-state index contributed by atoms with van der Waals surface area (Å²) in [4.78, 5) is 54.8. The van der Waals surface area contributed by atoms with E-state index in [0.717, 1.165) is 23.1 Å². The first-order valence-corrected chi connectivity index (χ1v) is 14.6. The van der Waals surface area contributed by atoms with Crippen LogP contribution >= 0.6 is 0 Å². The maximum Gasteiger partial charge on any atom is 0.408 e. The number of nitrogens with one attached hydrogen (secondary N) is 2. The molecular weight excluding hydrogens is 532 g/mol. The van der Waals surface area contributed by atoms with E-state index in [2.05, 4.69) is 24.5 Å². The first-order valence-electron chi connectivity index (χ1n) is 14.6. The van der Waals surface area contributed by atoms with Crippen LogP contribution < -0.4 is 16.4 Å². The van der Waals surface area contributed by atoms with Crippen molar-refractivity contribution in [2.75, 3.05) is 0 Å². The molecule has 0 saturated heterocycles. The molecule has 4 amide bonds. The lowest BCUT2D eigenvalue weighted by molar-refractivity contribution is -0.146. The second-order valence-corrected chi connectivity index (χ2v) is 12.5. The minimum atomic E-state index is -1.32. The summed E-state index contributed by atoms with van der Waals surface area (Å²) in [5, 5.41) is 5.55. The van der Waals surface area contributed by atoms with Crippen LogP contribution in [0.2, 0.25) is 0 Å². The number of nitrogens with two attached hydrogens (primary N) is 1. The quantitative estimate of drug-likeness (QED) is 0.304. The van der Waals surface area contributed by atoms with Crippen LogP contribution in [0.15, 0.2) is 48.5 Å². The molecule has 9 nitrogen and oxygen atoms in total. The fraction of sp³-hybridized carbons (Fsp3) is 0.515. The minimum absolute atomic E-state index is 0.268. The van der Waals surface area contributed by atoms with Crippen molar-refractivity contribution in [1.29, 1.82) is 0 Å². The van der Waals surface area contributed by atoms with Crippen molar-refractivity contribution in [3.63, 3.8) is 0 Å². The third-order valence-electron chi connectivity index (χ3n) is 6.68. The summed E-state index contributed by atoms with van der Waals surface area (Å²) >= 11 is 0. The summed E-state index contributed by atoms with van der Waals surface area (Å²) in [5.74, 6) is -1.37. The zero-order valence-electron chi connectivity index (χ0n) is 26.3. The number of carbonyl (C=O) groups is 4. The smallest absolute Gasteiger partial charge is 0.408 e. The molecule has 0 aliphatic rings. The third kappa shape index (κ3) is 11.2. The largest absolute Gasteiger partial charge is 0.444 e. The SMILES string of the molecule is Cc1cc(C)cc(C(C(=O)NCc2ccccc2)N(C(=O)C(CC(N)=O)NC(=O)OC(C)(C)C)C(C)CCC(C)C)c1. The highest BCUT2D eigenvalue weighted by atomic mass is 16.6. The Morgan fingerprint density at radius 3 is 2.05 bits per heavy atom. The fourth-order valence-electron chi connectivity index (χ4n) is 4.83. The summed E-state index contributed by atoms with van der Waals surface area (Å²) < 4.78 is 5.38. The molecule has 9 heteroatoms. The number of nitrogens with zero attached hydrogens (tertiary/aromatic N) is 1. The van der Waals surface area contributed by atoms with E-state index in [1.807, 2.05) is 69.3 Å². The topological polar surface area (TPSA) is 131 Å². The zero-order valence-corrected chi connectivity index (χ0v) is 26.3. The third-order valence-corrected chi connectivity index (χ3v) is 6.68. The van der Waals surface area contributed by atoms with Gasteiger partial charge in [0, 0.05) is 12.6 Å². The molecule has 42 heavy (non-hydrogen) atoms. The van der Waals surface area contributed by atoms with Gasteiger partial charge in [-0.1, -0.05) is 73.5 Å². The Labute approximate surface area is 250 Å². The maximum absolute atomic E-state index is 14.4. The van der Waals surface area contributed by atoms with E-state index >= 15 is 0 Å². The van der Waals surface area contributed by atoms with E-state index in [9.17, 15) is 19.2 Å². The number of ether oxygens (including phenoxy) is 1. The lowest BCUT2D eigenvalue weighted by atomic mass is 9.94. The molecule has 0 spiro atoms. The molecule has 0 saturated carbocycles. The standard InChI is InChI=1S/C33H48N4O5/c1-21(2)14-15-24(5)37(31(40)27(19-28(34)38)36-32(41)42-33(6,7)8)29(26-17-22(3)16-23(4)18-26)30(39)35-20-25-12-10-9-11-13-25/h9-13,16-18,21,24,27,29H,14-15,19-20H2,1-8H3,(H2,34,38)(H,35,39)(H,36,41). The van der Waals surface area contributed by atoms with Gasteiger partial charge in [-0.2, -0.15) is 0 Å². The highest BCUT2D eigenvalue weighted by molar-refractivity contribution is 5.94. The average molecular weight is 581 g/mol. The summed E-state index contributed by atoms with van der Waals surface area (Å²) in [5.41, 5.74) is 8.13. The minimum Gasteiger partial charge on any atom is -0.444 e. The Balaban J connectivity index is 2.62. The van der Waals surface area contributed by atoms with Crippen LogP contribution in [0.5, 0.6) is 0 Å². The van der Waals surface area contributed by atoms with Crippen LogP contribution in [0.25, 0.3) is 0 Å². The molecule has 4 N–H and O–H groups in total. The molecule has 0 bridgehead atoms. The Bertz CT molecular complexity index is 1200. The molecule has 0 aliphatic carbocycles.